The van der Waals surface area contributed by atoms with Gasteiger partial charge in [-0.05, 0) is 12.1 Å². The molecule has 3 rings (SSSR count). The lowest BCUT2D eigenvalue weighted by Gasteiger charge is -2.27. The Balaban J connectivity index is 1.79. The maximum atomic E-state index is 4.28. The van der Waals surface area contributed by atoms with Crippen molar-refractivity contribution >= 4 is 0 Å². The van der Waals surface area contributed by atoms with Crippen LogP contribution in [0.1, 0.15) is 5.69 Å². The third-order valence-corrected chi connectivity index (χ3v) is 3.34. The minimum absolute atomic E-state index is 0.969. The maximum absolute atomic E-state index is 4.28. The van der Waals surface area contributed by atoms with Gasteiger partial charge in [0.25, 0.3) is 0 Å². The number of benzene rings is 1. The van der Waals surface area contributed by atoms with Crippen molar-refractivity contribution in [3.63, 3.8) is 0 Å². The molecule has 0 amide bonds. The molecule has 1 aromatic heterocycles. The molecule has 0 spiro atoms. The summed E-state index contributed by atoms with van der Waals surface area (Å²) < 4.78 is 2.17. The highest BCUT2D eigenvalue weighted by Crippen LogP contribution is 2.12. The van der Waals surface area contributed by atoms with E-state index >= 15 is 0 Å². The van der Waals surface area contributed by atoms with Gasteiger partial charge in [0, 0.05) is 44.6 Å². The van der Waals surface area contributed by atoms with Crippen LogP contribution in [0, 0.1) is 0 Å². The number of nitrogens with zero attached hydrogens (tertiary/aromatic N) is 3. The second-order valence-electron chi connectivity index (χ2n) is 4.62. The Labute approximate surface area is 107 Å². The molecule has 0 bridgehead atoms. The van der Waals surface area contributed by atoms with Crippen LogP contribution < -0.4 is 5.32 Å². The van der Waals surface area contributed by atoms with Gasteiger partial charge in [-0.1, -0.05) is 18.2 Å². The standard InChI is InChI=1S/C14H18N4/c1-2-4-13(5-3-1)18-12-16-10-14(18)11-17-8-6-15-7-9-17/h1-5,10,12,15H,6-9,11H2. The Kier molecular flexibility index (Phi) is 3.39. The van der Waals surface area contributed by atoms with Gasteiger partial charge in [0.05, 0.1) is 12.0 Å². The first-order valence-electron chi connectivity index (χ1n) is 6.43. The van der Waals surface area contributed by atoms with Gasteiger partial charge in [0.2, 0.25) is 0 Å². The van der Waals surface area contributed by atoms with Gasteiger partial charge < -0.3 is 9.88 Å². The maximum Gasteiger partial charge on any atom is 0.0994 e. The zero-order valence-corrected chi connectivity index (χ0v) is 10.4. The second-order valence-corrected chi connectivity index (χ2v) is 4.62. The number of imidazole rings is 1. The predicted octanol–water partition coefficient (Wildman–Crippen LogP) is 1.28. The minimum atomic E-state index is 0.969. The van der Waals surface area contributed by atoms with Gasteiger partial charge in [0.1, 0.15) is 0 Å². The van der Waals surface area contributed by atoms with Gasteiger partial charge >= 0.3 is 0 Å². The summed E-state index contributed by atoms with van der Waals surface area (Å²) in [4.78, 5) is 6.75. The topological polar surface area (TPSA) is 33.1 Å². The smallest absolute Gasteiger partial charge is 0.0994 e. The lowest BCUT2D eigenvalue weighted by Crippen LogP contribution is -2.43. The summed E-state index contributed by atoms with van der Waals surface area (Å²) >= 11 is 0. The molecule has 4 nitrogen and oxygen atoms in total. The molecule has 1 fully saturated rings. The predicted molar refractivity (Wildman–Crippen MR) is 71.7 cm³/mol. The quantitative estimate of drug-likeness (QED) is 0.880. The van der Waals surface area contributed by atoms with Crippen molar-refractivity contribution in [1.29, 1.82) is 0 Å². The number of aromatic nitrogens is 2. The lowest BCUT2D eigenvalue weighted by molar-refractivity contribution is 0.229. The Morgan fingerprint density at radius 3 is 2.67 bits per heavy atom. The molecule has 0 radical (unpaired) electrons. The van der Waals surface area contributed by atoms with Crippen LogP contribution in [0.2, 0.25) is 0 Å². The molecule has 2 heterocycles. The number of rotatable bonds is 3. The summed E-state index contributed by atoms with van der Waals surface area (Å²) in [7, 11) is 0. The molecule has 2 aromatic rings. The minimum Gasteiger partial charge on any atom is -0.314 e. The molecule has 0 unspecified atom stereocenters. The number of nitrogens with one attached hydrogen (secondary N) is 1. The van der Waals surface area contributed by atoms with Gasteiger partial charge in [-0.25, -0.2) is 4.98 Å². The molecule has 1 aliphatic heterocycles. The summed E-state index contributed by atoms with van der Waals surface area (Å²) in [6, 6.07) is 10.4. The molecule has 94 valence electrons. The molecule has 1 aromatic carbocycles. The van der Waals surface area contributed by atoms with Gasteiger partial charge in [0.15, 0.2) is 0 Å². The third kappa shape index (κ3) is 2.44. The second kappa shape index (κ2) is 5.33. The summed E-state index contributed by atoms with van der Waals surface area (Å²) in [5.74, 6) is 0. The Morgan fingerprint density at radius 1 is 1.11 bits per heavy atom. The van der Waals surface area contributed by atoms with Crippen molar-refractivity contribution < 1.29 is 0 Å². The molecule has 1 N–H and O–H groups in total. The SMILES string of the molecule is c1ccc(-n2cncc2CN2CCNCC2)cc1. The summed E-state index contributed by atoms with van der Waals surface area (Å²) in [6.07, 6.45) is 3.86. The van der Waals surface area contributed by atoms with Crippen LogP contribution in [-0.2, 0) is 6.54 Å². The molecular weight excluding hydrogens is 224 g/mol. The first kappa shape index (κ1) is 11.4. The average Bonchev–Trinajstić information content (AvgIpc) is 2.89. The van der Waals surface area contributed by atoms with Crippen molar-refractivity contribution in [3.8, 4) is 5.69 Å². The number of para-hydroxylation sites is 1. The molecule has 1 saturated heterocycles. The zero-order valence-electron chi connectivity index (χ0n) is 10.4. The van der Waals surface area contributed by atoms with E-state index in [1.165, 1.54) is 11.4 Å². The van der Waals surface area contributed by atoms with Crippen molar-refractivity contribution in [2.75, 3.05) is 26.2 Å². The van der Waals surface area contributed by atoms with E-state index in [1.54, 1.807) is 0 Å². The highest BCUT2D eigenvalue weighted by atomic mass is 15.2. The Hall–Kier alpha value is -1.65. The van der Waals surface area contributed by atoms with E-state index in [-0.39, 0.29) is 0 Å². The third-order valence-electron chi connectivity index (χ3n) is 3.34. The van der Waals surface area contributed by atoms with Crippen LogP contribution in [0.4, 0.5) is 0 Å². The summed E-state index contributed by atoms with van der Waals surface area (Å²) in [5, 5.41) is 3.38. The fourth-order valence-corrected chi connectivity index (χ4v) is 2.36. The Bertz CT molecular complexity index is 486. The largest absolute Gasteiger partial charge is 0.314 e. The monoisotopic (exact) mass is 242 g/mol. The van der Waals surface area contributed by atoms with Gasteiger partial charge in [-0.15, -0.1) is 0 Å². The first-order valence-corrected chi connectivity index (χ1v) is 6.43. The van der Waals surface area contributed by atoms with E-state index in [0.717, 1.165) is 32.7 Å². The molecule has 0 saturated carbocycles. The van der Waals surface area contributed by atoms with Crippen LogP contribution >= 0.6 is 0 Å². The van der Waals surface area contributed by atoms with Crippen molar-refractivity contribution in [1.82, 2.24) is 19.8 Å². The lowest BCUT2D eigenvalue weighted by atomic mass is 10.3. The highest BCUT2D eigenvalue weighted by Gasteiger charge is 2.12. The van der Waals surface area contributed by atoms with E-state index in [4.69, 9.17) is 0 Å². The molecule has 18 heavy (non-hydrogen) atoms. The van der Waals surface area contributed by atoms with E-state index in [0.29, 0.717) is 0 Å². The normalized spacial score (nSPS) is 16.9. The summed E-state index contributed by atoms with van der Waals surface area (Å²) in [5.41, 5.74) is 2.43. The molecule has 4 heteroatoms. The fourth-order valence-electron chi connectivity index (χ4n) is 2.36. The van der Waals surface area contributed by atoms with E-state index in [9.17, 15) is 0 Å². The van der Waals surface area contributed by atoms with Crippen molar-refractivity contribution in [3.05, 3.63) is 48.5 Å². The van der Waals surface area contributed by atoms with Crippen molar-refractivity contribution in [2.45, 2.75) is 6.54 Å². The van der Waals surface area contributed by atoms with Crippen LogP contribution in [0.3, 0.4) is 0 Å². The zero-order chi connectivity index (χ0) is 12.2. The van der Waals surface area contributed by atoms with E-state index in [2.05, 4.69) is 44.0 Å². The summed E-state index contributed by atoms with van der Waals surface area (Å²) in [6.45, 7) is 5.36. The van der Waals surface area contributed by atoms with Crippen molar-refractivity contribution in [2.24, 2.45) is 0 Å². The van der Waals surface area contributed by atoms with Crippen LogP contribution in [0.15, 0.2) is 42.9 Å². The van der Waals surface area contributed by atoms with Crippen LogP contribution in [0.25, 0.3) is 5.69 Å². The van der Waals surface area contributed by atoms with E-state index in [1.807, 2.05) is 18.6 Å². The van der Waals surface area contributed by atoms with E-state index < -0.39 is 0 Å². The molecule has 0 atom stereocenters. The average molecular weight is 242 g/mol. The van der Waals surface area contributed by atoms with Gasteiger partial charge in [-0.3, -0.25) is 4.90 Å². The fraction of sp³-hybridized carbons (Fsp3) is 0.357. The first-order chi connectivity index (χ1) is 8.93. The van der Waals surface area contributed by atoms with Crippen LogP contribution in [-0.4, -0.2) is 40.6 Å². The molecule has 1 aliphatic rings. The number of hydrogen-bond donors (Lipinski definition) is 1. The Morgan fingerprint density at radius 2 is 1.89 bits per heavy atom. The molecular formula is C14H18N4. The van der Waals surface area contributed by atoms with Crippen LogP contribution in [0.5, 0.6) is 0 Å². The highest BCUT2D eigenvalue weighted by molar-refractivity contribution is 5.33. The number of hydrogen-bond acceptors (Lipinski definition) is 3. The van der Waals surface area contributed by atoms with Gasteiger partial charge in [-0.2, -0.15) is 0 Å². The molecule has 0 aliphatic carbocycles. The number of piperazine rings is 1.